The van der Waals surface area contributed by atoms with Crippen molar-refractivity contribution in [1.82, 2.24) is 4.98 Å². The molecule has 0 atom stereocenters. The van der Waals surface area contributed by atoms with E-state index in [0.29, 0.717) is 5.92 Å². The minimum atomic E-state index is -1.93. The molecular formula is C27H27GeNO. The zero-order valence-corrected chi connectivity index (χ0v) is 20.4. The van der Waals surface area contributed by atoms with Crippen LogP contribution in [0.5, 0.6) is 0 Å². The number of fused-ring (bicyclic) bond motifs is 5. The quantitative estimate of drug-likeness (QED) is 0.265. The van der Waals surface area contributed by atoms with Crippen LogP contribution in [-0.2, 0) is 0 Å². The molecular weight excluding hydrogens is 427 g/mol. The van der Waals surface area contributed by atoms with E-state index < -0.39 is 13.3 Å². The summed E-state index contributed by atoms with van der Waals surface area (Å²) in [5.74, 6) is 7.77. The van der Waals surface area contributed by atoms with Crippen molar-refractivity contribution < 1.29 is 4.42 Å². The Morgan fingerprint density at radius 1 is 0.800 bits per heavy atom. The fourth-order valence-electron chi connectivity index (χ4n) is 4.20. The van der Waals surface area contributed by atoms with Crippen LogP contribution in [0, 0.1) is 0 Å². The SMILES string of the molecule is CC(C)c1ccnc(-c2cccc3c2oc2c4c[c]([Ge]([CH3])([CH3])[CH3])ccc4ccc32)c1. The Bertz CT molecular complexity index is 1410. The molecule has 0 fully saturated rings. The molecule has 5 rings (SSSR count). The van der Waals surface area contributed by atoms with Gasteiger partial charge in [0.15, 0.2) is 0 Å². The first-order chi connectivity index (χ1) is 14.3. The van der Waals surface area contributed by atoms with Crippen LogP contribution in [0.15, 0.2) is 71.3 Å². The second kappa shape index (κ2) is 6.99. The van der Waals surface area contributed by atoms with E-state index in [1.165, 1.54) is 26.1 Å². The van der Waals surface area contributed by atoms with Crippen molar-refractivity contribution in [1.29, 1.82) is 0 Å². The fourth-order valence-corrected chi connectivity index (χ4v) is 6.63. The molecule has 3 heteroatoms. The van der Waals surface area contributed by atoms with Crippen molar-refractivity contribution in [3.63, 3.8) is 0 Å². The Labute approximate surface area is 180 Å². The van der Waals surface area contributed by atoms with Crippen LogP contribution in [0.1, 0.15) is 25.3 Å². The summed E-state index contributed by atoms with van der Waals surface area (Å²) in [4.78, 5) is 4.67. The molecule has 0 spiro atoms. The van der Waals surface area contributed by atoms with Gasteiger partial charge in [-0.05, 0) is 0 Å². The maximum absolute atomic E-state index is 6.60. The van der Waals surface area contributed by atoms with Gasteiger partial charge in [0.05, 0.1) is 0 Å². The predicted molar refractivity (Wildman–Crippen MR) is 132 cm³/mol. The van der Waals surface area contributed by atoms with Crippen LogP contribution in [0.2, 0.25) is 17.3 Å². The number of nitrogens with zero attached hydrogens (tertiary/aromatic N) is 1. The Balaban J connectivity index is 1.82. The number of hydrogen-bond acceptors (Lipinski definition) is 2. The molecule has 0 aliphatic carbocycles. The van der Waals surface area contributed by atoms with Crippen molar-refractivity contribution >= 4 is 50.4 Å². The summed E-state index contributed by atoms with van der Waals surface area (Å²) in [5, 5.41) is 4.79. The monoisotopic (exact) mass is 455 g/mol. The van der Waals surface area contributed by atoms with Gasteiger partial charge in [-0.2, -0.15) is 0 Å². The Hall–Kier alpha value is -2.59. The molecule has 0 aliphatic rings. The molecule has 0 saturated heterocycles. The van der Waals surface area contributed by atoms with Crippen LogP contribution in [-0.4, -0.2) is 18.3 Å². The molecule has 0 N–H and O–H groups in total. The Morgan fingerprint density at radius 2 is 1.57 bits per heavy atom. The van der Waals surface area contributed by atoms with E-state index in [1.54, 1.807) is 0 Å². The molecule has 0 saturated carbocycles. The molecule has 0 radical (unpaired) electrons. The normalized spacial score (nSPS) is 12.5. The summed E-state index contributed by atoms with van der Waals surface area (Å²) in [7, 11) is 0. The van der Waals surface area contributed by atoms with Crippen molar-refractivity contribution in [2.45, 2.75) is 37.0 Å². The summed E-state index contributed by atoms with van der Waals surface area (Å²) < 4.78 is 8.10. The second-order valence-corrected chi connectivity index (χ2v) is 20.2. The molecule has 2 heterocycles. The van der Waals surface area contributed by atoms with Crippen LogP contribution in [0.4, 0.5) is 0 Å². The summed E-state index contributed by atoms with van der Waals surface area (Å²) in [6, 6.07) is 22.0. The summed E-state index contributed by atoms with van der Waals surface area (Å²) in [6.45, 7) is 4.43. The van der Waals surface area contributed by atoms with Gasteiger partial charge in [-0.15, -0.1) is 0 Å². The van der Waals surface area contributed by atoms with Gasteiger partial charge in [0.25, 0.3) is 0 Å². The van der Waals surface area contributed by atoms with Gasteiger partial charge < -0.3 is 0 Å². The van der Waals surface area contributed by atoms with Gasteiger partial charge in [-0.3, -0.25) is 0 Å². The first kappa shape index (κ1) is 19.4. The first-order valence-corrected chi connectivity index (χ1v) is 18.0. The van der Waals surface area contributed by atoms with Crippen LogP contribution >= 0.6 is 0 Å². The third kappa shape index (κ3) is 3.14. The van der Waals surface area contributed by atoms with Crippen LogP contribution < -0.4 is 4.40 Å². The predicted octanol–water partition coefficient (Wildman–Crippen LogP) is 7.47. The van der Waals surface area contributed by atoms with Crippen molar-refractivity contribution in [2.75, 3.05) is 0 Å². The molecule has 0 unspecified atom stereocenters. The van der Waals surface area contributed by atoms with Crippen LogP contribution in [0.3, 0.4) is 0 Å². The van der Waals surface area contributed by atoms with Gasteiger partial charge in [-0.25, -0.2) is 0 Å². The van der Waals surface area contributed by atoms with Gasteiger partial charge in [0.1, 0.15) is 0 Å². The third-order valence-corrected chi connectivity index (χ3v) is 10.4. The molecule has 0 bridgehead atoms. The molecule has 2 aromatic heterocycles. The zero-order valence-electron chi connectivity index (χ0n) is 18.3. The summed E-state index contributed by atoms with van der Waals surface area (Å²) in [6.07, 6.45) is 1.91. The summed E-state index contributed by atoms with van der Waals surface area (Å²) in [5.41, 5.74) is 5.24. The topological polar surface area (TPSA) is 26.0 Å². The van der Waals surface area contributed by atoms with Gasteiger partial charge in [0.2, 0.25) is 0 Å². The van der Waals surface area contributed by atoms with E-state index in [1.807, 2.05) is 6.20 Å². The van der Waals surface area contributed by atoms with Crippen molar-refractivity contribution in [3.05, 3.63) is 72.4 Å². The molecule has 2 nitrogen and oxygen atoms in total. The first-order valence-electron chi connectivity index (χ1n) is 10.7. The molecule has 150 valence electrons. The number of furan rings is 1. The average molecular weight is 454 g/mol. The summed E-state index contributed by atoms with van der Waals surface area (Å²) >= 11 is -1.93. The number of aromatic nitrogens is 1. The molecule has 30 heavy (non-hydrogen) atoms. The van der Waals surface area contributed by atoms with E-state index in [9.17, 15) is 0 Å². The number of para-hydroxylation sites is 1. The Kier molecular flexibility index (Phi) is 4.51. The fraction of sp³-hybridized carbons (Fsp3) is 0.222. The maximum atomic E-state index is 6.60. The zero-order chi connectivity index (χ0) is 21.0. The molecule has 0 aliphatic heterocycles. The molecule has 5 aromatic rings. The third-order valence-electron chi connectivity index (χ3n) is 6.07. The van der Waals surface area contributed by atoms with Gasteiger partial charge >= 0.3 is 180 Å². The molecule has 3 aromatic carbocycles. The van der Waals surface area contributed by atoms with Gasteiger partial charge in [0, 0.05) is 0 Å². The Morgan fingerprint density at radius 3 is 2.33 bits per heavy atom. The number of pyridine rings is 1. The second-order valence-electron chi connectivity index (χ2n) is 9.54. The minimum absolute atomic E-state index is 0.465. The van der Waals surface area contributed by atoms with E-state index >= 15 is 0 Å². The molecule has 0 amide bonds. The van der Waals surface area contributed by atoms with E-state index in [2.05, 4.69) is 96.8 Å². The number of rotatable bonds is 3. The van der Waals surface area contributed by atoms with Crippen molar-refractivity contribution in [3.8, 4) is 11.3 Å². The van der Waals surface area contributed by atoms with Crippen molar-refractivity contribution in [2.24, 2.45) is 0 Å². The number of benzene rings is 3. The van der Waals surface area contributed by atoms with Gasteiger partial charge in [-0.1, -0.05) is 0 Å². The van der Waals surface area contributed by atoms with E-state index in [4.69, 9.17) is 4.42 Å². The van der Waals surface area contributed by atoms with Crippen LogP contribution in [0.25, 0.3) is 44.0 Å². The standard InChI is InChI=1S/C27H27GeNO/c1-17(2)19-13-14-29-25(15-19)23-8-6-7-21-22-12-10-18-9-11-20(28(3,4)5)16-24(18)27(22)30-26(21)23/h6-17H,1-5H3. The number of hydrogen-bond donors (Lipinski definition) is 0. The van der Waals surface area contributed by atoms with E-state index in [-0.39, 0.29) is 0 Å². The average Bonchev–Trinajstić information content (AvgIpc) is 3.12. The van der Waals surface area contributed by atoms with E-state index in [0.717, 1.165) is 27.8 Å².